The van der Waals surface area contributed by atoms with Gasteiger partial charge in [0.15, 0.2) is 0 Å². The summed E-state index contributed by atoms with van der Waals surface area (Å²) >= 11 is 0. The molecule has 1 aliphatic carbocycles. The van der Waals surface area contributed by atoms with Crippen LogP contribution in [0.15, 0.2) is 37.0 Å². The summed E-state index contributed by atoms with van der Waals surface area (Å²) in [5.41, 5.74) is 5.52. The molecule has 0 saturated heterocycles. The Morgan fingerprint density at radius 3 is 2.67 bits per heavy atom. The molecule has 0 aromatic carbocycles. The topological polar surface area (TPSA) is 26.0 Å². The normalized spacial score (nSPS) is 32.6. The van der Waals surface area contributed by atoms with Gasteiger partial charge in [-0.3, -0.25) is 0 Å². The predicted octanol–water partition coefficient (Wildman–Crippen LogP) is 1.39. The summed E-state index contributed by atoms with van der Waals surface area (Å²) in [6.07, 6.45) is 10.6. The Kier molecular flexibility index (Phi) is 1.54. The van der Waals surface area contributed by atoms with Crippen molar-refractivity contribution in [3.63, 3.8) is 0 Å². The van der Waals surface area contributed by atoms with Crippen LogP contribution < -0.4 is 5.73 Å². The van der Waals surface area contributed by atoms with Crippen LogP contribution in [0.1, 0.15) is 6.42 Å². The summed E-state index contributed by atoms with van der Waals surface area (Å²) in [6, 6.07) is 0. The molecular weight excluding hydrogens is 110 g/mol. The van der Waals surface area contributed by atoms with Gasteiger partial charge in [0.1, 0.15) is 0 Å². The van der Waals surface area contributed by atoms with Crippen molar-refractivity contribution in [1.82, 2.24) is 0 Å². The second kappa shape index (κ2) is 2.19. The largest absolute Gasteiger partial charge is 0.318 e. The Morgan fingerprint density at radius 1 is 1.56 bits per heavy atom. The first-order valence-corrected chi connectivity index (χ1v) is 3.04. The number of allylic oxidation sites excluding steroid dienone is 2. The highest BCUT2D eigenvalue weighted by Crippen LogP contribution is 2.14. The molecular formula is C8H11N. The molecule has 9 heavy (non-hydrogen) atoms. The lowest BCUT2D eigenvalue weighted by molar-refractivity contribution is 0.661. The molecule has 0 bridgehead atoms. The number of hydrogen-bond donors (Lipinski definition) is 1. The monoisotopic (exact) mass is 121 g/mol. The van der Waals surface area contributed by atoms with Crippen LogP contribution in [-0.4, -0.2) is 5.54 Å². The van der Waals surface area contributed by atoms with Crippen molar-refractivity contribution in [3.8, 4) is 0 Å². The molecule has 2 N–H and O–H groups in total. The predicted molar refractivity (Wildman–Crippen MR) is 40.0 cm³/mol. The van der Waals surface area contributed by atoms with Gasteiger partial charge in [0.2, 0.25) is 0 Å². The molecule has 1 heteroatoms. The zero-order valence-corrected chi connectivity index (χ0v) is 5.38. The zero-order valence-electron chi connectivity index (χ0n) is 5.38. The highest BCUT2D eigenvalue weighted by atomic mass is 14.7. The third-order valence-corrected chi connectivity index (χ3v) is 1.51. The van der Waals surface area contributed by atoms with Gasteiger partial charge in [-0.1, -0.05) is 30.4 Å². The molecule has 0 radical (unpaired) electrons. The molecule has 0 fully saturated rings. The second-order valence-electron chi connectivity index (χ2n) is 2.31. The lowest BCUT2D eigenvalue weighted by Gasteiger charge is -2.20. The van der Waals surface area contributed by atoms with Crippen LogP contribution in [0, 0.1) is 0 Å². The maximum Gasteiger partial charge on any atom is 0.0560 e. The lowest BCUT2D eigenvalue weighted by Crippen LogP contribution is -2.34. The molecule has 0 aromatic rings. The van der Waals surface area contributed by atoms with Crippen LogP contribution >= 0.6 is 0 Å². The summed E-state index contributed by atoms with van der Waals surface area (Å²) in [5, 5.41) is 0. The van der Waals surface area contributed by atoms with E-state index < -0.39 is 0 Å². The van der Waals surface area contributed by atoms with Crippen molar-refractivity contribution >= 4 is 0 Å². The van der Waals surface area contributed by atoms with Crippen LogP contribution in [0.25, 0.3) is 0 Å². The lowest BCUT2D eigenvalue weighted by atomic mass is 9.93. The molecule has 48 valence electrons. The summed E-state index contributed by atoms with van der Waals surface area (Å²) in [5.74, 6) is 0. The van der Waals surface area contributed by atoms with Crippen molar-refractivity contribution in [1.29, 1.82) is 0 Å². The molecule has 1 aliphatic rings. The molecule has 0 heterocycles. The first-order chi connectivity index (χ1) is 4.27. The third-order valence-electron chi connectivity index (χ3n) is 1.51. The van der Waals surface area contributed by atoms with E-state index in [2.05, 4.69) is 6.58 Å². The molecule has 0 saturated carbocycles. The van der Waals surface area contributed by atoms with Gasteiger partial charge in [-0.15, -0.1) is 6.58 Å². The SMILES string of the molecule is C=C[C@]1(N)C=CC=CC1. The average Bonchev–Trinajstić information content (AvgIpc) is 1.90. The Bertz CT molecular complexity index is 167. The number of hydrogen-bond acceptors (Lipinski definition) is 1. The summed E-state index contributed by atoms with van der Waals surface area (Å²) in [4.78, 5) is 0. The average molecular weight is 121 g/mol. The Hall–Kier alpha value is -0.820. The van der Waals surface area contributed by atoms with Gasteiger partial charge in [-0.2, -0.15) is 0 Å². The molecule has 1 nitrogen and oxygen atoms in total. The van der Waals surface area contributed by atoms with E-state index in [0.717, 1.165) is 6.42 Å². The minimum atomic E-state index is -0.283. The van der Waals surface area contributed by atoms with E-state index in [4.69, 9.17) is 5.73 Å². The molecule has 0 unspecified atom stereocenters. The summed E-state index contributed by atoms with van der Waals surface area (Å²) in [7, 11) is 0. The van der Waals surface area contributed by atoms with E-state index in [0.29, 0.717) is 0 Å². The van der Waals surface area contributed by atoms with Crippen LogP contribution in [0.5, 0.6) is 0 Å². The molecule has 0 spiro atoms. The van der Waals surface area contributed by atoms with E-state index in [1.54, 1.807) is 6.08 Å². The van der Waals surface area contributed by atoms with Crippen molar-refractivity contribution < 1.29 is 0 Å². The third kappa shape index (κ3) is 1.30. The Balaban J connectivity index is 2.73. The molecule has 0 aromatic heterocycles. The van der Waals surface area contributed by atoms with Crippen molar-refractivity contribution in [2.24, 2.45) is 5.73 Å². The van der Waals surface area contributed by atoms with E-state index in [1.165, 1.54) is 0 Å². The Labute approximate surface area is 55.6 Å². The Morgan fingerprint density at radius 2 is 2.33 bits per heavy atom. The zero-order chi connectivity index (χ0) is 6.74. The fraction of sp³-hybridized carbons (Fsp3) is 0.250. The molecule has 1 atom stereocenters. The number of rotatable bonds is 1. The minimum absolute atomic E-state index is 0.283. The summed E-state index contributed by atoms with van der Waals surface area (Å²) in [6.45, 7) is 3.65. The van der Waals surface area contributed by atoms with Gasteiger partial charge in [0.05, 0.1) is 5.54 Å². The van der Waals surface area contributed by atoms with Crippen molar-refractivity contribution in [2.75, 3.05) is 0 Å². The first kappa shape index (κ1) is 6.30. The fourth-order valence-corrected chi connectivity index (χ4v) is 0.805. The molecule has 0 amide bonds. The van der Waals surface area contributed by atoms with Gasteiger partial charge in [0.25, 0.3) is 0 Å². The van der Waals surface area contributed by atoms with Gasteiger partial charge in [0, 0.05) is 0 Å². The van der Waals surface area contributed by atoms with Gasteiger partial charge in [-0.05, 0) is 6.42 Å². The van der Waals surface area contributed by atoms with Gasteiger partial charge in [-0.25, -0.2) is 0 Å². The number of nitrogens with two attached hydrogens (primary N) is 1. The second-order valence-corrected chi connectivity index (χ2v) is 2.31. The summed E-state index contributed by atoms with van der Waals surface area (Å²) < 4.78 is 0. The highest BCUT2D eigenvalue weighted by Gasteiger charge is 2.15. The maximum absolute atomic E-state index is 5.80. The minimum Gasteiger partial charge on any atom is -0.318 e. The van der Waals surface area contributed by atoms with Gasteiger partial charge >= 0.3 is 0 Å². The maximum atomic E-state index is 5.80. The first-order valence-electron chi connectivity index (χ1n) is 3.04. The van der Waals surface area contributed by atoms with Crippen LogP contribution in [0.4, 0.5) is 0 Å². The van der Waals surface area contributed by atoms with Crippen LogP contribution in [-0.2, 0) is 0 Å². The van der Waals surface area contributed by atoms with Crippen LogP contribution in [0.3, 0.4) is 0 Å². The highest BCUT2D eigenvalue weighted by molar-refractivity contribution is 5.25. The van der Waals surface area contributed by atoms with Crippen molar-refractivity contribution in [3.05, 3.63) is 37.0 Å². The quantitative estimate of drug-likeness (QED) is 0.521. The molecule has 0 aliphatic heterocycles. The standard InChI is InChI=1S/C8H11N/c1-2-8(9)6-4-3-5-7-8/h2-6H,1,7,9H2/t8-/m0/s1. The molecule has 1 rings (SSSR count). The smallest absolute Gasteiger partial charge is 0.0560 e. The van der Waals surface area contributed by atoms with E-state index in [-0.39, 0.29) is 5.54 Å². The van der Waals surface area contributed by atoms with E-state index in [9.17, 15) is 0 Å². The van der Waals surface area contributed by atoms with E-state index >= 15 is 0 Å². The van der Waals surface area contributed by atoms with Gasteiger partial charge < -0.3 is 5.73 Å². The van der Waals surface area contributed by atoms with Crippen molar-refractivity contribution in [2.45, 2.75) is 12.0 Å². The fourth-order valence-electron chi connectivity index (χ4n) is 0.805. The van der Waals surface area contributed by atoms with Crippen LogP contribution in [0.2, 0.25) is 0 Å². The van der Waals surface area contributed by atoms with E-state index in [1.807, 2.05) is 24.3 Å².